The Morgan fingerprint density at radius 2 is 1.52 bits per heavy atom. The average Bonchev–Trinajstić information content (AvgIpc) is 3.00. The van der Waals surface area contributed by atoms with Crippen LogP contribution in [0.2, 0.25) is 0 Å². The van der Waals surface area contributed by atoms with E-state index in [9.17, 15) is 0 Å². The number of benzene rings is 2. The number of anilines is 1. The molecule has 1 aliphatic carbocycles. The maximum Gasteiger partial charge on any atom is 0.139 e. The lowest BCUT2D eigenvalue weighted by atomic mass is 9.93. The number of hydrogen-bond acceptors (Lipinski definition) is 2. The molecule has 3 aromatic rings. The molecule has 0 radical (unpaired) electrons. The topological polar surface area (TPSA) is 25.2 Å². The van der Waals surface area contributed by atoms with E-state index in [0.29, 0.717) is 0 Å². The molecule has 2 nitrogen and oxygen atoms in total. The average molecular weight is 303 g/mol. The van der Waals surface area contributed by atoms with Crippen molar-refractivity contribution in [3.05, 3.63) is 77.6 Å². The van der Waals surface area contributed by atoms with Gasteiger partial charge in [-0.05, 0) is 37.0 Å². The second kappa shape index (κ2) is 6.33. The molecule has 0 saturated heterocycles. The minimum absolute atomic E-state index is 0.813. The molecule has 0 spiro atoms. The number of aryl methyl sites for hydroxylation is 1. The maximum atomic E-state index is 6.27. The largest absolute Gasteiger partial charge is 0.460 e. The van der Waals surface area contributed by atoms with Crippen LogP contribution in [0.4, 0.5) is 5.69 Å². The molecule has 0 unspecified atom stereocenters. The summed E-state index contributed by atoms with van der Waals surface area (Å²) in [4.78, 5) is 0. The highest BCUT2D eigenvalue weighted by Gasteiger charge is 2.23. The minimum Gasteiger partial charge on any atom is -0.460 e. The summed E-state index contributed by atoms with van der Waals surface area (Å²) in [5.74, 6) is 2.24. The van der Waals surface area contributed by atoms with Crippen LogP contribution in [0.5, 0.6) is 0 Å². The highest BCUT2D eigenvalue weighted by molar-refractivity contribution is 5.65. The fourth-order valence-electron chi connectivity index (χ4n) is 3.39. The van der Waals surface area contributed by atoms with Crippen molar-refractivity contribution in [3.8, 4) is 11.3 Å². The summed E-state index contributed by atoms with van der Waals surface area (Å²) in [5.41, 5.74) is 5.08. The Labute approximate surface area is 137 Å². The predicted octanol–water partition coefficient (Wildman–Crippen LogP) is 5.44. The molecule has 2 heteroatoms. The minimum atomic E-state index is 0.813. The number of furan rings is 1. The number of nitrogens with one attached hydrogen (secondary N) is 1. The highest BCUT2D eigenvalue weighted by atomic mass is 16.3. The Kier molecular flexibility index (Phi) is 3.89. The van der Waals surface area contributed by atoms with E-state index in [1.165, 1.54) is 35.3 Å². The van der Waals surface area contributed by atoms with Gasteiger partial charge in [-0.3, -0.25) is 0 Å². The molecule has 116 valence electrons. The van der Waals surface area contributed by atoms with Gasteiger partial charge in [0, 0.05) is 29.8 Å². The van der Waals surface area contributed by atoms with Gasteiger partial charge < -0.3 is 9.73 Å². The third-order valence-electron chi connectivity index (χ3n) is 4.56. The van der Waals surface area contributed by atoms with E-state index in [4.69, 9.17) is 4.42 Å². The highest BCUT2D eigenvalue weighted by Crippen LogP contribution is 2.36. The van der Waals surface area contributed by atoms with E-state index >= 15 is 0 Å². The lowest BCUT2D eigenvalue weighted by Crippen LogP contribution is -2.06. The SMILES string of the molecule is c1ccc(NCc2c(-c3ccccc3)oc3c2CCCC3)cc1. The van der Waals surface area contributed by atoms with Gasteiger partial charge in [-0.15, -0.1) is 0 Å². The third-order valence-corrected chi connectivity index (χ3v) is 4.56. The van der Waals surface area contributed by atoms with Crippen LogP contribution in [0.1, 0.15) is 29.7 Å². The van der Waals surface area contributed by atoms with Crippen LogP contribution in [0.3, 0.4) is 0 Å². The van der Waals surface area contributed by atoms with E-state index in [2.05, 4.69) is 53.8 Å². The van der Waals surface area contributed by atoms with Crippen LogP contribution >= 0.6 is 0 Å². The fraction of sp³-hybridized carbons (Fsp3) is 0.238. The second-order valence-electron chi connectivity index (χ2n) is 6.10. The van der Waals surface area contributed by atoms with Crippen molar-refractivity contribution in [1.82, 2.24) is 0 Å². The molecule has 0 bridgehead atoms. The van der Waals surface area contributed by atoms with E-state index in [1.54, 1.807) is 0 Å². The first-order valence-corrected chi connectivity index (χ1v) is 8.39. The van der Waals surface area contributed by atoms with Crippen molar-refractivity contribution in [2.24, 2.45) is 0 Å². The Bertz CT molecular complexity index is 774. The zero-order valence-corrected chi connectivity index (χ0v) is 13.2. The summed E-state index contributed by atoms with van der Waals surface area (Å²) in [6.45, 7) is 0.813. The van der Waals surface area contributed by atoms with E-state index in [1.807, 2.05) is 12.1 Å². The van der Waals surface area contributed by atoms with Crippen LogP contribution in [0, 0.1) is 0 Å². The lowest BCUT2D eigenvalue weighted by molar-refractivity contribution is 0.487. The Balaban J connectivity index is 1.70. The van der Waals surface area contributed by atoms with Gasteiger partial charge in [0.05, 0.1) is 0 Å². The molecule has 1 heterocycles. The van der Waals surface area contributed by atoms with Gasteiger partial charge in [-0.2, -0.15) is 0 Å². The van der Waals surface area contributed by atoms with Crippen LogP contribution in [0.15, 0.2) is 65.1 Å². The van der Waals surface area contributed by atoms with Crippen molar-refractivity contribution < 1.29 is 4.42 Å². The molecular weight excluding hydrogens is 282 g/mol. The van der Waals surface area contributed by atoms with Gasteiger partial charge in [-0.1, -0.05) is 48.5 Å². The molecule has 1 N–H and O–H groups in total. The van der Waals surface area contributed by atoms with Crippen molar-refractivity contribution in [2.75, 3.05) is 5.32 Å². The van der Waals surface area contributed by atoms with E-state index < -0.39 is 0 Å². The normalized spacial score (nSPS) is 13.6. The van der Waals surface area contributed by atoms with Crippen LogP contribution < -0.4 is 5.32 Å². The maximum absolute atomic E-state index is 6.27. The van der Waals surface area contributed by atoms with Gasteiger partial charge in [0.15, 0.2) is 0 Å². The van der Waals surface area contributed by atoms with Crippen molar-refractivity contribution >= 4 is 5.69 Å². The summed E-state index contributed by atoms with van der Waals surface area (Å²) in [6.07, 6.45) is 4.71. The zero-order chi connectivity index (χ0) is 15.5. The molecule has 0 amide bonds. The first-order valence-electron chi connectivity index (χ1n) is 8.39. The Hall–Kier alpha value is -2.48. The summed E-state index contributed by atoms with van der Waals surface area (Å²) >= 11 is 0. The summed E-state index contributed by atoms with van der Waals surface area (Å²) in [7, 11) is 0. The molecule has 1 aliphatic rings. The molecular formula is C21H21NO. The van der Waals surface area contributed by atoms with Gasteiger partial charge in [0.25, 0.3) is 0 Å². The number of para-hydroxylation sites is 1. The van der Waals surface area contributed by atoms with Gasteiger partial charge in [0.1, 0.15) is 11.5 Å². The smallest absolute Gasteiger partial charge is 0.139 e. The first-order chi connectivity index (χ1) is 11.4. The zero-order valence-electron chi connectivity index (χ0n) is 13.2. The van der Waals surface area contributed by atoms with E-state index in [0.717, 1.165) is 30.8 Å². The molecule has 23 heavy (non-hydrogen) atoms. The molecule has 0 saturated carbocycles. The summed E-state index contributed by atoms with van der Waals surface area (Å²) in [5, 5.41) is 3.55. The van der Waals surface area contributed by atoms with Crippen molar-refractivity contribution in [2.45, 2.75) is 32.2 Å². The molecule has 4 rings (SSSR count). The molecule has 2 aromatic carbocycles. The van der Waals surface area contributed by atoms with Gasteiger partial charge in [-0.25, -0.2) is 0 Å². The Morgan fingerprint density at radius 1 is 0.826 bits per heavy atom. The molecule has 0 fully saturated rings. The number of rotatable bonds is 4. The molecule has 0 aliphatic heterocycles. The quantitative estimate of drug-likeness (QED) is 0.694. The fourth-order valence-corrected chi connectivity index (χ4v) is 3.39. The van der Waals surface area contributed by atoms with Gasteiger partial charge in [0.2, 0.25) is 0 Å². The summed E-state index contributed by atoms with van der Waals surface area (Å²) in [6, 6.07) is 20.8. The van der Waals surface area contributed by atoms with Crippen LogP contribution in [-0.2, 0) is 19.4 Å². The molecule has 0 atom stereocenters. The molecule has 1 aromatic heterocycles. The van der Waals surface area contributed by atoms with Crippen molar-refractivity contribution in [3.63, 3.8) is 0 Å². The lowest BCUT2D eigenvalue weighted by Gasteiger charge is -2.12. The van der Waals surface area contributed by atoms with Crippen molar-refractivity contribution in [1.29, 1.82) is 0 Å². The predicted molar refractivity (Wildman–Crippen MR) is 94.6 cm³/mol. The van der Waals surface area contributed by atoms with Gasteiger partial charge >= 0.3 is 0 Å². The first kappa shape index (κ1) is 14.1. The number of fused-ring (bicyclic) bond motifs is 1. The monoisotopic (exact) mass is 303 g/mol. The summed E-state index contributed by atoms with van der Waals surface area (Å²) < 4.78 is 6.27. The van der Waals surface area contributed by atoms with Crippen LogP contribution in [-0.4, -0.2) is 0 Å². The second-order valence-corrected chi connectivity index (χ2v) is 6.10. The third kappa shape index (κ3) is 2.89. The number of hydrogen-bond donors (Lipinski definition) is 1. The van der Waals surface area contributed by atoms with Crippen LogP contribution in [0.25, 0.3) is 11.3 Å². The standard InChI is InChI=1S/C21H21NO/c1-3-9-16(10-4-1)21-19(15-22-17-11-5-2-6-12-17)18-13-7-8-14-20(18)23-21/h1-6,9-12,22H,7-8,13-15H2. The Morgan fingerprint density at radius 3 is 2.30 bits per heavy atom. The van der Waals surface area contributed by atoms with E-state index in [-0.39, 0.29) is 0 Å².